The largest absolute Gasteiger partial charge is 0.465 e. The maximum Gasteiger partial charge on any atom is 0.337 e. The van der Waals surface area contributed by atoms with E-state index in [2.05, 4.69) is 25.6 Å². The molecular formula is C16H19N5O6S3. The number of aromatic nitrogens is 2. The first-order valence-electron chi connectivity index (χ1n) is 8.24. The van der Waals surface area contributed by atoms with Gasteiger partial charge in [0.2, 0.25) is 27.0 Å². The fourth-order valence-electron chi connectivity index (χ4n) is 1.93. The van der Waals surface area contributed by atoms with Crippen molar-refractivity contribution in [2.75, 3.05) is 43.3 Å². The molecule has 0 atom stereocenters. The van der Waals surface area contributed by atoms with Crippen molar-refractivity contribution in [2.24, 2.45) is 0 Å². The molecule has 2 N–H and O–H groups in total. The molecule has 0 aliphatic carbocycles. The highest BCUT2D eigenvalue weighted by molar-refractivity contribution is 8.01. The van der Waals surface area contributed by atoms with Crippen molar-refractivity contribution in [3.63, 3.8) is 0 Å². The Hall–Kier alpha value is -2.55. The fourth-order valence-corrected chi connectivity index (χ4v) is 3.85. The summed E-state index contributed by atoms with van der Waals surface area (Å²) in [5.74, 6) is -1.26. The van der Waals surface area contributed by atoms with Crippen molar-refractivity contribution in [1.82, 2.24) is 14.5 Å². The Morgan fingerprint density at radius 2 is 1.80 bits per heavy atom. The van der Waals surface area contributed by atoms with Gasteiger partial charge in [-0.1, -0.05) is 23.1 Å². The second-order valence-corrected chi connectivity index (χ2v) is 10.1. The molecule has 0 fully saturated rings. The highest BCUT2D eigenvalue weighted by atomic mass is 32.2. The molecule has 0 radical (unpaired) electrons. The van der Waals surface area contributed by atoms with Gasteiger partial charge in [-0.25, -0.2) is 13.2 Å². The predicted molar refractivity (Wildman–Crippen MR) is 113 cm³/mol. The molecule has 0 aliphatic heterocycles. The summed E-state index contributed by atoms with van der Waals surface area (Å²) >= 11 is 2.19. The van der Waals surface area contributed by atoms with Gasteiger partial charge in [0, 0.05) is 12.7 Å². The lowest BCUT2D eigenvalue weighted by Crippen LogP contribution is -2.34. The van der Waals surface area contributed by atoms with Gasteiger partial charge in [0.05, 0.1) is 31.2 Å². The number of carbonyl (C=O) groups is 3. The summed E-state index contributed by atoms with van der Waals surface area (Å²) < 4.78 is 28.6. The van der Waals surface area contributed by atoms with Crippen LogP contribution >= 0.6 is 23.1 Å². The van der Waals surface area contributed by atoms with E-state index in [0.29, 0.717) is 15.6 Å². The van der Waals surface area contributed by atoms with Crippen LogP contribution in [0.25, 0.3) is 0 Å². The Kier molecular flexibility index (Phi) is 8.28. The van der Waals surface area contributed by atoms with Gasteiger partial charge in [0.1, 0.15) is 0 Å². The minimum atomic E-state index is -3.47. The number of ether oxygens (including phenoxy) is 1. The molecule has 11 nitrogen and oxygen atoms in total. The van der Waals surface area contributed by atoms with Crippen molar-refractivity contribution in [1.29, 1.82) is 0 Å². The number of esters is 1. The number of benzene rings is 1. The molecule has 2 amide bonds. The normalized spacial score (nSPS) is 11.2. The van der Waals surface area contributed by atoms with Gasteiger partial charge in [0.15, 0.2) is 4.34 Å². The third-order valence-electron chi connectivity index (χ3n) is 3.50. The number of hydrogen-bond donors (Lipinski definition) is 2. The van der Waals surface area contributed by atoms with E-state index in [-0.39, 0.29) is 23.3 Å². The number of methoxy groups -OCH3 is 1. The third kappa shape index (κ3) is 7.37. The van der Waals surface area contributed by atoms with Crippen LogP contribution in [0.1, 0.15) is 10.4 Å². The van der Waals surface area contributed by atoms with Crippen LogP contribution in [0.4, 0.5) is 10.8 Å². The lowest BCUT2D eigenvalue weighted by Gasteiger charge is -2.12. The number of nitrogens with one attached hydrogen (secondary N) is 2. The number of amides is 2. The van der Waals surface area contributed by atoms with Gasteiger partial charge >= 0.3 is 5.97 Å². The first-order chi connectivity index (χ1) is 14.1. The summed E-state index contributed by atoms with van der Waals surface area (Å²) in [7, 11) is -0.894. The molecule has 1 aromatic carbocycles. The van der Waals surface area contributed by atoms with E-state index < -0.39 is 21.9 Å². The Morgan fingerprint density at radius 1 is 1.13 bits per heavy atom. The summed E-state index contributed by atoms with van der Waals surface area (Å²) in [6, 6.07) is 6.24. The molecule has 14 heteroatoms. The summed E-state index contributed by atoms with van der Waals surface area (Å²) in [6.45, 7) is -0.349. The molecule has 162 valence electrons. The van der Waals surface area contributed by atoms with Crippen LogP contribution < -0.4 is 10.6 Å². The summed E-state index contributed by atoms with van der Waals surface area (Å²) in [5, 5.41) is 13.0. The van der Waals surface area contributed by atoms with E-state index in [0.717, 1.165) is 33.7 Å². The molecule has 0 saturated carbocycles. The molecule has 0 aliphatic rings. The quantitative estimate of drug-likeness (QED) is 0.308. The number of hydrogen-bond acceptors (Lipinski definition) is 10. The SMILES string of the molecule is COC(=O)c1ccc(NC(=O)CSc2nnc(NC(=O)CN(C)S(C)(=O)=O)s2)cc1. The average molecular weight is 474 g/mol. The second-order valence-electron chi connectivity index (χ2n) is 5.85. The molecule has 0 unspecified atom stereocenters. The highest BCUT2D eigenvalue weighted by Gasteiger charge is 2.17. The van der Waals surface area contributed by atoms with Crippen LogP contribution in [0.15, 0.2) is 28.6 Å². The zero-order valence-corrected chi connectivity index (χ0v) is 18.7. The molecule has 0 spiro atoms. The molecular weight excluding hydrogens is 454 g/mol. The number of likely N-dealkylation sites (N-methyl/N-ethyl adjacent to an activating group) is 1. The van der Waals surface area contributed by atoms with E-state index in [9.17, 15) is 22.8 Å². The van der Waals surface area contributed by atoms with Crippen LogP contribution in [-0.2, 0) is 24.3 Å². The minimum absolute atomic E-state index is 0.0537. The monoisotopic (exact) mass is 473 g/mol. The zero-order chi connectivity index (χ0) is 22.3. The molecule has 30 heavy (non-hydrogen) atoms. The van der Waals surface area contributed by atoms with Gasteiger partial charge < -0.3 is 10.1 Å². The number of anilines is 2. The Balaban J connectivity index is 1.81. The van der Waals surface area contributed by atoms with Crippen LogP contribution in [0.2, 0.25) is 0 Å². The highest BCUT2D eigenvalue weighted by Crippen LogP contribution is 2.25. The van der Waals surface area contributed by atoms with Crippen LogP contribution in [-0.4, -0.2) is 73.4 Å². The number of rotatable bonds is 9. The maximum atomic E-state index is 12.1. The lowest BCUT2D eigenvalue weighted by atomic mass is 10.2. The first kappa shape index (κ1) is 23.7. The zero-order valence-electron chi connectivity index (χ0n) is 16.2. The van der Waals surface area contributed by atoms with Crippen LogP contribution in [0.5, 0.6) is 0 Å². The van der Waals surface area contributed by atoms with E-state index in [1.807, 2.05) is 0 Å². The minimum Gasteiger partial charge on any atom is -0.465 e. The lowest BCUT2D eigenvalue weighted by molar-refractivity contribution is -0.116. The van der Waals surface area contributed by atoms with Crippen molar-refractivity contribution < 1.29 is 27.5 Å². The summed E-state index contributed by atoms with van der Waals surface area (Å²) in [6.07, 6.45) is 0.999. The van der Waals surface area contributed by atoms with Gasteiger partial charge in [-0.2, -0.15) is 4.31 Å². The smallest absolute Gasteiger partial charge is 0.337 e. The Labute approximate surface area is 181 Å². The van der Waals surface area contributed by atoms with Crippen LogP contribution in [0, 0.1) is 0 Å². The molecule has 2 rings (SSSR count). The molecule has 1 heterocycles. The van der Waals surface area contributed by atoms with Crippen molar-refractivity contribution in [3.8, 4) is 0 Å². The van der Waals surface area contributed by atoms with E-state index >= 15 is 0 Å². The van der Waals surface area contributed by atoms with Crippen molar-refractivity contribution in [3.05, 3.63) is 29.8 Å². The molecule has 0 saturated heterocycles. The average Bonchev–Trinajstić information content (AvgIpc) is 3.12. The summed E-state index contributed by atoms with van der Waals surface area (Å²) in [5.41, 5.74) is 0.893. The Morgan fingerprint density at radius 3 is 2.40 bits per heavy atom. The summed E-state index contributed by atoms with van der Waals surface area (Å²) in [4.78, 5) is 35.3. The van der Waals surface area contributed by atoms with Crippen LogP contribution in [0.3, 0.4) is 0 Å². The second kappa shape index (κ2) is 10.5. The van der Waals surface area contributed by atoms with E-state index in [4.69, 9.17) is 0 Å². The van der Waals surface area contributed by atoms with Gasteiger partial charge in [-0.15, -0.1) is 10.2 Å². The number of nitrogens with zero attached hydrogens (tertiary/aromatic N) is 3. The Bertz CT molecular complexity index is 1020. The van der Waals surface area contributed by atoms with E-state index in [1.54, 1.807) is 12.1 Å². The fraction of sp³-hybridized carbons (Fsp3) is 0.312. The predicted octanol–water partition coefficient (Wildman–Crippen LogP) is 0.885. The standard InChI is InChI=1S/C16H19N5O6S3/c1-21(30(3,25)26)8-12(22)18-15-19-20-16(29-15)28-9-13(23)17-11-6-4-10(5-7-11)14(24)27-2/h4-7H,8-9H2,1-3H3,(H,17,23)(H,18,19,22). The number of thioether (sulfide) groups is 1. The van der Waals surface area contributed by atoms with Crippen molar-refractivity contribution >= 4 is 61.7 Å². The number of sulfonamides is 1. The van der Waals surface area contributed by atoms with Gasteiger partial charge in [-0.05, 0) is 24.3 Å². The topological polar surface area (TPSA) is 148 Å². The maximum absolute atomic E-state index is 12.1. The molecule has 1 aromatic heterocycles. The van der Waals surface area contributed by atoms with Gasteiger partial charge in [0.25, 0.3) is 0 Å². The first-order valence-corrected chi connectivity index (χ1v) is 11.9. The van der Waals surface area contributed by atoms with Crippen molar-refractivity contribution in [2.45, 2.75) is 4.34 Å². The van der Waals surface area contributed by atoms with Gasteiger partial charge in [-0.3, -0.25) is 14.9 Å². The molecule has 2 aromatic rings. The molecule has 0 bridgehead atoms. The number of carbonyl (C=O) groups excluding carboxylic acids is 3. The van der Waals surface area contributed by atoms with E-state index in [1.165, 1.54) is 26.3 Å². The third-order valence-corrected chi connectivity index (χ3v) is 6.74.